The number of ether oxygens (including phenoxy) is 1. The average molecular weight is 370 g/mol. The second kappa shape index (κ2) is 11.8. The first-order valence-electron chi connectivity index (χ1n) is 8.67. The van der Waals surface area contributed by atoms with E-state index in [-0.39, 0.29) is 12.5 Å². The third-order valence-electron chi connectivity index (χ3n) is 3.54. The van der Waals surface area contributed by atoms with E-state index in [1.165, 1.54) is 9.78 Å². The van der Waals surface area contributed by atoms with Crippen LogP contribution >= 0.6 is 11.3 Å². The van der Waals surface area contributed by atoms with Crippen molar-refractivity contribution in [2.45, 2.75) is 33.6 Å². The fraction of sp³-hybridized carbons (Fsp3) is 0.706. The molecule has 0 aliphatic carbocycles. The van der Waals surface area contributed by atoms with Gasteiger partial charge in [0.15, 0.2) is 5.96 Å². The minimum absolute atomic E-state index is 0.0263. The number of rotatable bonds is 10. The van der Waals surface area contributed by atoms with E-state index in [0.29, 0.717) is 12.6 Å². The molecule has 1 rings (SSSR count). The summed E-state index contributed by atoms with van der Waals surface area (Å²) >= 11 is 1.73. The molecule has 0 aliphatic rings. The molecule has 7 nitrogen and oxygen atoms in total. The molecule has 0 bridgehead atoms. The first kappa shape index (κ1) is 21.4. The van der Waals surface area contributed by atoms with E-state index in [1.54, 1.807) is 25.4 Å². The molecular formula is C17H31N5O2S. The van der Waals surface area contributed by atoms with Gasteiger partial charge >= 0.3 is 0 Å². The van der Waals surface area contributed by atoms with Crippen molar-refractivity contribution < 1.29 is 9.53 Å². The predicted octanol–water partition coefficient (Wildman–Crippen LogP) is 1.35. The Hall–Kier alpha value is -1.67. The standard InChI is InChI=1S/C17H31N5O2S/c1-6-24-11-7-9-18-17(20-12-16(23)22(4)5)19-10-8-15-21-13(2)14(3)25-15/h6-12H2,1-5H3,(H2,18,19,20). The number of carbonyl (C=O) groups is 1. The summed E-state index contributed by atoms with van der Waals surface area (Å²) < 4.78 is 5.33. The summed E-state index contributed by atoms with van der Waals surface area (Å²) in [6.07, 6.45) is 1.72. The number of carbonyl (C=O) groups excluding carboxylic acids is 1. The van der Waals surface area contributed by atoms with Crippen LogP contribution in [0.1, 0.15) is 28.9 Å². The van der Waals surface area contributed by atoms with Crippen LogP contribution in [-0.4, -0.2) is 68.7 Å². The third-order valence-corrected chi connectivity index (χ3v) is 4.67. The molecule has 1 amide bonds. The van der Waals surface area contributed by atoms with Crippen LogP contribution in [0.2, 0.25) is 0 Å². The van der Waals surface area contributed by atoms with E-state index in [4.69, 9.17) is 4.74 Å². The monoisotopic (exact) mass is 369 g/mol. The summed E-state index contributed by atoms with van der Waals surface area (Å²) in [4.78, 5) is 23.4. The lowest BCUT2D eigenvalue weighted by Gasteiger charge is -2.13. The number of aromatic nitrogens is 1. The predicted molar refractivity (Wildman–Crippen MR) is 103 cm³/mol. The fourth-order valence-corrected chi connectivity index (χ4v) is 2.86. The van der Waals surface area contributed by atoms with E-state index in [9.17, 15) is 4.79 Å². The first-order chi connectivity index (χ1) is 11.9. The van der Waals surface area contributed by atoms with Gasteiger partial charge in [-0.1, -0.05) is 0 Å². The minimum atomic E-state index is -0.0263. The molecule has 0 spiro atoms. The lowest BCUT2D eigenvalue weighted by Crippen LogP contribution is -2.40. The Balaban J connectivity index is 2.47. The summed E-state index contributed by atoms with van der Waals surface area (Å²) in [5, 5.41) is 7.64. The second-order valence-electron chi connectivity index (χ2n) is 5.86. The summed E-state index contributed by atoms with van der Waals surface area (Å²) in [6.45, 7) is 9.14. The van der Waals surface area contributed by atoms with Gasteiger partial charge in [0, 0.05) is 51.7 Å². The average Bonchev–Trinajstić information content (AvgIpc) is 2.89. The number of aliphatic imine (C=N–C) groups is 1. The molecule has 2 N–H and O–H groups in total. The highest BCUT2D eigenvalue weighted by atomic mass is 32.1. The van der Waals surface area contributed by atoms with Gasteiger partial charge in [-0.15, -0.1) is 11.3 Å². The van der Waals surface area contributed by atoms with Crippen molar-refractivity contribution in [3.05, 3.63) is 15.6 Å². The molecular weight excluding hydrogens is 338 g/mol. The molecule has 0 saturated carbocycles. The summed E-state index contributed by atoms with van der Waals surface area (Å²) in [5.41, 5.74) is 1.10. The number of thiazole rings is 1. The molecule has 0 saturated heterocycles. The number of amides is 1. The van der Waals surface area contributed by atoms with Crippen molar-refractivity contribution in [2.24, 2.45) is 4.99 Å². The third kappa shape index (κ3) is 8.83. The van der Waals surface area contributed by atoms with Crippen LogP contribution in [0.5, 0.6) is 0 Å². The summed E-state index contributed by atoms with van der Waals surface area (Å²) in [7, 11) is 3.46. The quantitative estimate of drug-likeness (QED) is 0.370. The van der Waals surface area contributed by atoms with Gasteiger partial charge in [0.05, 0.1) is 10.7 Å². The van der Waals surface area contributed by atoms with Crippen molar-refractivity contribution in [1.82, 2.24) is 20.5 Å². The van der Waals surface area contributed by atoms with Crippen LogP contribution in [0, 0.1) is 13.8 Å². The molecule has 25 heavy (non-hydrogen) atoms. The van der Waals surface area contributed by atoms with Crippen molar-refractivity contribution in [3.63, 3.8) is 0 Å². The van der Waals surface area contributed by atoms with Gasteiger partial charge < -0.3 is 20.3 Å². The number of guanidine groups is 1. The maximum absolute atomic E-state index is 11.7. The Morgan fingerprint density at radius 2 is 2.00 bits per heavy atom. The highest BCUT2D eigenvalue weighted by Gasteiger charge is 2.06. The molecule has 1 aromatic heterocycles. The molecule has 0 aliphatic heterocycles. The zero-order valence-corrected chi connectivity index (χ0v) is 16.8. The van der Waals surface area contributed by atoms with Crippen molar-refractivity contribution in [2.75, 3.05) is 46.9 Å². The van der Waals surface area contributed by atoms with Gasteiger partial charge in [-0.25, -0.2) is 9.98 Å². The smallest absolute Gasteiger partial charge is 0.243 e. The van der Waals surface area contributed by atoms with Gasteiger partial charge in [0.1, 0.15) is 6.54 Å². The summed E-state index contributed by atoms with van der Waals surface area (Å²) in [5.74, 6) is 0.623. The minimum Gasteiger partial charge on any atom is -0.382 e. The Labute approximate surface area is 154 Å². The molecule has 0 radical (unpaired) electrons. The highest BCUT2D eigenvalue weighted by molar-refractivity contribution is 7.11. The van der Waals surface area contributed by atoms with E-state index in [2.05, 4.69) is 27.5 Å². The van der Waals surface area contributed by atoms with E-state index in [0.717, 1.165) is 43.2 Å². The topological polar surface area (TPSA) is 78.8 Å². The number of hydrogen-bond donors (Lipinski definition) is 2. The normalized spacial score (nSPS) is 11.5. The Morgan fingerprint density at radius 3 is 2.60 bits per heavy atom. The molecule has 8 heteroatoms. The van der Waals surface area contributed by atoms with E-state index >= 15 is 0 Å². The number of aryl methyl sites for hydroxylation is 2. The van der Waals surface area contributed by atoms with Crippen LogP contribution in [-0.2, 0) is 16.0 Å². The first-order valence-corrected chi connectivity index (χ1v) is 9.48. The number of hydrogen-bond acceptors (Lipinski definition) is 5. The van der Waals surface area contributed by atoms with Crippen molar-refractivity contribution in [1.29, 1.82) is 0 Å². The van der Waals surface area contributed by atoms with Gasteiger partial charge in [0.25, 0.3) is 0 Å². The molecule has 0 atom stereocenters. The molecule has 0 aromatic carbocycles. The number of nitrogens with one attached hydrogen (secondary N) is 2. The summed E-state index contributed by atoms with van der Waals surface area (Å²) in [6, 6.07) is 0. The molecule has 142 valence electrons. The Morgan fingerprint density at radius 1 is 1.28 bits per heavy atom. The maximum Gasteiger partial charge on any atom is 0.243 e. The van der Waals surface area contributed by atoms with E-state index < -0.39 is 0 Å². The van der Waals surface area contributed by atoms with Crippen molar-refractivity contribution >= 4 is 23.2 Å². The van der Waals surface area contributed by atoms with Crippen LogP contribution in [0.4, 0.5) is 0 Å². The van der Waals surface area contributed by atoms with Gasteiger partial charge in [0.2, 0.25) is 5.91 Å². The van der Waals surface area contributed by atoms with Crippen LogP contribution in [0.3, 0.4) is 0 Å². The molecule has 0 fully saturated rings. The Kier molecular flexibility index (Phi) is 10.1. The lowest BCUT2D eigenvalue weighted by molar-refractivity contribution is -0.127. The second-order valence-corrected chi connectivity index (χ2v) is 7.14. The van der Waals surface area contributed by atoms with Crippen molar-refractivity contribution in [3.8, 4) is 0 Å². The molecule has 1 heterocycles. The van der Waals surface area contributed by atoms with Gasteiger partial charge in [-0.05, 0) is 27.2 Å². The zero-order chi connectivity index (χ0) is 18.7. The highest BCUT2D eigenvalue weighted by Crippen LogP contribution is 2.16. The lowest BCUT2D eigenvalue weighted by atomic mass is 10.4. The van der Waals surface area contributed by atoms with Crippen LogP contribution in [0.15, 0.2) is 4.99 Å². The largest absolute Gasteiger partial charge is 0.382 e. The SMILES string of the molecule is CCOCCCNC(=NCC(=O)N(C)C)NCCc1nc(C)c(C)s1. The van der Waals surface area contributed by atoms with Gasteiger partial charge in [-0.2, -0.15) is 0 Å². The van der Waals surface area contributed by atoms with Crippen LogP contribution in [0.25, 0.3) is 0 Å². The molecule has 1 aromatic rings. The fourth-order valence-electron chi connectivity index (χ4n) is 1.92. The van der Waals surface area contributed by atoms with Gasteiger partial charge in [-0.3, -0.25) is 4.79 Å². The Bertz CT molecular complexity index is 538. The number of nitrogens with zero attached hydrogens (tertiary/aromatic N) is 3. The maximum atomic E-state index is 11.7. The van der Waals surface area contributed by atoms with E-state index in [1.807, 2.05) is 13.8 Å². The van der Waals surface area contributed by atoms with Crippen LogP contribution < -0.4 is 10.6 Å². The zero-order valence-electron chi connectivity index (χ0n) is 16.0. The molecule has 0 unspecified atom stereocenters. The number of likely N-dealkylation sites (N-methyl/N-ethyl adjacent to an activating group) is 1.